The van der Waals surface area contributed by atoms with Gasteiger partial charge in [-0.3, -0.25) is 4.18 Å². The normalized spacial score (nSPS) is 24.1. The summed E-state index contributed by atoms with van der Waals surface area (Å²) in [6.45, 7) is 12.1. The van der Waals surface area contributed by atoms with Gasteiger partial charge in [0, 0.05) is 19.4 Å². The van der Waals surface area contributed by atoms with Crippen molar-refractivity contribution < 1.29 is 44.4 Å². The lowest BCUT2D eigenvalue weighted by Crippen LogP contribution is -2.60. The Kier molecular flexibility index (Phi) is 11.5. The molecule has 0 bridgehead atoms. The van der Waals surface area contributed by atoms with Crippen LogP contribution in [0.3, 0.4) is 0 Å². The fourth-order valence-corrected chi connectivity index (χ4v) is 6.23. The molecule has 0 amide bonds. The maximum Gasteiger partial charge on any atom is 0.523 e. The van der Waals surface area contributed by atoms with Crippen molar-refractivity contribution in [2.75, 3.05) is 13.2 Å². The number of rotatable bonds is 13. The van der Waals surface area contributed by atoms with Crippen LogP contribution in [-0.4, -0.2) is 59.4 Å². The molecule has 0 aromatic heterocycles. The molecule has 12 heteroatoms. The molecule has 2 aromatic rings. The third-order valence-electron chi connectivity index (χ3n) is 8.03. The molecule has 0 spiro atoms. The van der Waals surface area contributed by atoms with Gasteiger partial charge in [0.1, 0.15) is 6.10 Å². The van der Waals surface area contributed by atoms with Crippen LogP contribution in [0.25, 0.3) is 0 Å². The van der Waals surface area contributed by atoms with Gasteiger partial charge in [0.15, 0.2) is 8.32 Å². The number of benzene rings is 2. The van der Waals surface area contributed by atoms with Crippen molar-refractivity contribution in [3.63, 3.8) is 0 Å². The van der Waals surface area contributed by atoms with Crippen LogP contribution in [0.15, 0.2) is 60.7 Å². The minimum Gasteiger partial charge on any atom is -0.411 e. The van der Waals surface area contributed by atoms with Crippen molar-refractivity contribution in [3.8, 4) is 0 Å². The van der Waals surface area contributed by atoms with Crippen molar-refractivity contribution >= 4 is 18.4 Å². The third kappa shape index (κ3) is 9.35. The Hall–Kier alpha value is -1.80. The Bertz CT molecular complexity index is 1220. The van der Waals surface area contributed by atoms with Gasteiger partial charge in [-0.05, 0) is 36.2 Å². The first-order valence-corrected chi connectivity index (χ1v) is 18.3. The van der Waals surface area contributed by atoms with E-state index in [0.29, 0.717) is 13.0 Å². The van der Waals surface area contributed by atoms with E-state index in [2.05, 4.69) is 4.18 Å². The van der Waals surface area contributed by atoms with E-state index in [-0.39, 0.29) is 24.7 Å². The first kappa shape index (κ1) is 34.7. The molecule has 1 saturated heterocycles. The fraction of sp³-hybridized carbons (Fsp3) is 0.600. The van der Waals surface area contributed by atoms with Crippen molar-refractivity contribution in [2.24, 2.45) is 0 Å². The highest BCUT2D eigenvalue weighted by atomic mass is 32.2. The molecule has 42 heavy (non-hydrogen) atoms. The zero-order valence-electron chi connectivity index (χ0n) is 25.1. The Labute approximate surface area is 248 Å². The molecular formula is C30H43F3O7SSi. The van der Waals surface area contributed by atoms with Crippen molar-refractivity contribution in [1.29, 1.82) is 0 Å². The monoisotopic (exact) mass is 632 g/mol. The first-order chi connectivity index (χ1) is 19.4. The van der Waals surface area contributed by atoms with Crippen LogP contribution >= 0.6 is 0 Å². The van der Waals surface area contributed by atoms with Gasteiger partial charge in [0.25, 0.3) is 0 Å². The Morgan fingerprint density at radius 3 is 2.02 bits per heavy atom. The SMILES string of the molecule is CC(C)(C)[Si](C)(C)O[C@@H]1C[C@H](OCc2ccccc2)[C@@](C)(CCOCc2ccccc2)O[C@H]1COS(=O)(=O)C(F)(F)F. The summed E-state index contributed by atoms with van der Waals surface area (Å²) in [5.41, 5.74) is -4.64. The summed E-state index contributed by atoms with van der Waals surface area (Å²) in [5.74, 6) is 0. The summed E-state index contributed by atoms with van der Waals surface area (Å²) in [7, 11) is -8.29. The molecule has 0 unspecified atom stereocenters. The lowest BCUT2D eigenvalue weighted by atomic mass is 9.86. The Balaban J connectivity index is 1.85. The van der Waals surface area contributed by atoms with Crippen molar-refractivity contribution in [1.82, 2.24) is 0 Å². The summed E-state index contributed by atoms with van der Waals surface area (Å²) in [6.07, 6.45) is -1.76. The van der Waals surface area contributed by atoms with Crippen LogP contribution < -0.4 is 0 Å². The lowest BCUT2D eigenvalue weighted by molar-refractivity contribution is -0.242. The zero-order valence-corrected chi connectivity index (χ0v) is 27.0. The number of hydrogen-bond donors (Lipinski definition) is 0. The maximum absolute atomic E-state index is 13.1. The standard InChI is InChI=1S/C30H43F3O7SSi/c1-28(2,3)42(5,6)40-25-19-27(37-21-24-15-11-8-12-16-24)29(4,17-18-36-20-23-13-9-7-10-14-23)39-26(25)22-38-41(34,35)30(31,32)33/h7-16,25-27H,17-22H2,1-6H3/t25-,26+,27+,29-/m1/s1. The molecule has 236 valence electrons. The molecule has 1 aliphatic rings. The molecule has 0 radical (unpaired) electrons. The Morgan fingerprint density at radius 1 is 0.952 bits per heavy atom. The average Bonchev–Trinajstić information content (AvgIpc) is 2.90. The third-order valence-corrected chi connectivity index (χ3v) is 13.6. The zero-order chi connectivity index (χ0) is 31.2. The molecule has 1 fully saturated rings. The molecule has 2 aromatic carbocycles. The van der Waals surface area contributed by atoms with Gasteiger partial charge in [0.05, 0.1) is 37.6 Å². The molecule has 3 rings (SSSR count). The number of alkyl halides is 3. The summed E-state index contributed by atoms with van der Waals surface area (Å²) in [6, 6.07) is 19.2. The van der Waals surface area contributed by atoms with Crippen molar-refractivity contribution in [3.05, 3.63) is 71.8 Å². The topological polar surface area (TPSA) is 80.3 Å². The molecule has 0 saturated carbocycles. The highest BCUT2D eigenvalue weighted by Gasteiger charge is 2.52. The summed E-state index contributed by atoms with van der Waals surface area (Å²) < 4.78 is 92.8. The molecule has 1 heterocycles. The predicted molar refractivity (Wildman–Crippen MR) is 157 cm³/mol. The van der Waals surface area contributed by atoms with Gasteiger partial charge < -0.3 is 18.6 Å². The van der Waals surface area contributed by atoms with Gasteiger partial charge in [-0.2, -0.15) is 21.6 Å². The maximum atomic E-state index is 13.1. The minimum absolute atomic E-state index is 0.219. The minimum atomic E-state index is -5.82. The predicted octanol–water partition coefficient (Wildman–Crippen LogP) is 6.98. The van der Waals surface area contributed by atoms with Crippen LogP contribution in [0.5, 0.6) is 0 Å². The second-order valence-electron chi connectivity index (χ2n) is 12.4. The van der Waals surface area contributed by atoms with Gasteiger partial charge in [-0.15, -0.1) is 0 Å². The fourth-order valence-electron chi connectivity index (χ4n) is 4.43. The van der Waals surface area contributed by atoms with Gasteiger partial charge in [0.2, 0.25) is 0 Å². The van der Waals surface area contributed by atoms with E-state index in [0.717, 1.165) is 11.1 Å². The highest BCUT2D eigenvalue weighted by molar-refractivity contribution is 7.87. The van der Waals surface area contributed by atoms with Crippen LogP contribution in [0, 0.1) is 0 Å². The second kappa shape index (κ2) is 13.9. The quantitative estimate of drug-likeness (QED) is 0.102. The van der Waals surface area contributed by atoms with E-state index in [1.165, 1.54) is 0 Å². The van der Waals surface area contributed by atoms with E-state index in [1.807, 2.05) is 101 Å². The second-order valence-corrected chi connectivity index (χ2v) is 18.7. The molecule has 0 aliphatic carbocycles. The van der Waals surface area contributed by atoms with E-state index >= 15 is 0 Å². The summed E-state index contributed by atoms with van der Waals surface area (Å²) in [4.78, 5) is 0. The van der Waals surface area contributed by atoms with E-state index in [1.54, 1.807) is 0 Å². The summed E-state index contributed by atoms with van der Waals surface area (Å²) >= 11 is 0. The Morgan fingerprint density at radius 2 is 1.50 bits per heavy atom. The van der Waals surface area contributed by atoms with Gasteiger partial charge >= 0.3 is 15.6 Å². The smallest absolute Gasteiger partial charge is 0.411 e. The number of halogens is 3. The highest BCUT2D eigenvalue weighted by Crippen LogP contribution is 2.42. The molecular weight excluding hydrogens is 589 g/mol. The lowest BCUT2D eigenvalue weighted by Gasteiger charge is -2.50. The van der Waals surface area contributed by atoms with E-state index in [9.17, 15) is 21.6 Å². The van der Waals surface area contributed by atoms with Gasteiger partial charge in [-0.1, -0.05) is 81.4 Å². The van der Waals surface area contributed by atoms with Gasteiger partial charge in [-0.25, -0.2) is 0 Å². The van der Waals surface area contributed by atoms with E-state index < -0.39 is 54.5 Å². The number of hydrogen-bond acceptors (Lipinski definition) is 7. The summed E-state index contributed by atoms with van der Waals surface area (Å²) in [5, 5.41) is -0.219. The van der Waals surface area contributed by atoms with Crippen LogP contribution in [0.1, 0.15) is 51.7 Å². The number of ether oxygens (including phenoxy) is 3. The van der Waals surface area contributed by atoms with Crippen LogP contribution in [-0.2, 0) is 46.2 Å². The first-order valence-electron chi connectivity index (χ1n) is 14.0. The molecule has 4 atom stereocenters. The van der Waals surface area contributed by atoms with Crippen molar-refractivity contribution in [2.45, 2.75) is 101 Å². The van der Waals surface area contributed by atoms with E-state index in [4.69, 9.17) is 18.6 Å². The molecule has 7 nitrogen and oxygen atoms in total. The van der Waals surface area contributed by atoms with Crippen LogP contribution in [0.4, 0.5) is 13.2 Å². The average molecular weight is 633 g/mol. The van der Waals surface area contributed by atoms with Crippen LogP contribution in [0.2, 0.25) is 18.1 Å². The largest absolute Gasteiger partial charge is 0.523 e. The molecule has 0 N–H and O–H groups in total. The molecule has 1 aliphatic heterocycles.